The van der Waals surface area contributed by atoms with Crippen molar-refractivity contribution in [1.82, 2.24) is 4.90 Å². The summed E-state index contributed by atoms with van der Waals surface area (Å²) in [7, 11) is 0. The Bertz CT molecular complexity index is 209. The van der Waals surface area contributed by atoms with Crippen LogP contribution in [0.1, 0.15) is 33.1 Å². The van der Waals surface area contributed by atoms with Gasteiger partial charge < -0.3 is 15.4 Å². The van der Waals surface area contributed by atoms with E-state index in [9.17, 15) is 4.79 Å². The van der Waals surface area contributed by atoms with E-state index in [4.69, 9.17) is 10.5 Å². The lowest BCUT2D eigenvalue weighted by Crippen LogP contribution is -2.50. The zero-order chi connectivity index (χ0) is 11.3. The molecule has 1 heterocycles. The highest BCUT2D eigenvalue weighted by Crippen LogP contribution is 2.08. The summed E-state index contributed by atoms with van der Waals surface area (Å²) in [6.45, 7) is 6.08. The molecule has 0 aromatic rings. The van der Waals surface area contributed by atoms with Gasteiger partial charge in [-0.3, -0.25) is 4.79 Å². The van der Waals surface area contributed by atoms with Crippen LogP contribution in [0.25, 0.3) is 0 Å². The van der Waals surface area contributed by atoms with Gasteiger partial charge >= 0.3 is 0 Å². The molecule has 2 unspecified atom stereocenters. The van der Waals surface area contributed by atoms with Crippen LogP contribution in [-0.2, 0) is 9.53 Å². The van der Waals surface area contributed by atoms with Crippen LogP contribution in [0, 0.1) is 0 Å². The molecule has 1 aliphatic heterocycles. The standard InChI is InChI=1S/C11H22N2O2/c1-3-4-5-10(12)11(14)13-6-7-15-9(2)8-13/h9-10H,3-8,12H2,1-2H3. The summed E-state index contributed by atoms with van der Waals surface area (Å²) in [6.07, 6.45) is 3.04. The van der Waals surface area contributed by atoms with E-state index in [1.165, 1.54) is 0 Å². The Kier molecular flexibility index (Phi) is 5.05. The molecule has 0 spiro atoms. The molecule has 0 aliphatic carbocycles. The number of unbranched alkanes of at least 4 members (excludes halogenated alkanes) is 1. The zero-order valence-electron chi connectivity index (χ0n) is 9.74. The highest BCUT2D eigenvalue weighted by Gasteiger charge is 2.25. The molecular weight excluding hydrogens is 192 g/mol. The fourth-order valence-electron chi connectivity index (χ4n) is 1.80. The van der Waals surface area contributed by atoms with Gasteiger partial charge in [0.1, 0.15) is 0 Å². The monoisotopic (exact) mass is 214 g/mol. The van der Waals surface area contributed by atoms with Crippen LogP contribution < -0.4 is 5.73 Å². The molecule has 15 heavy (non-hydrogen) atoms. The number of carbonyl (C=O) groups is 1. The summed E-state index contributed by atoms with van der Waals surface area (Å²) in [5.41, 5.74) is 5.85. The van der Waals surface area contributed by atoms with Gasteiger partial charge in [-0.2, -0.15) is 0 Å². The molecule has 1 rings (SSSR count). The Balaban J connectivity index is 2.37. The molecule has 4 heteroatoms. The number of nitrogens with zero attached hydrogens (tertiary/aromatic N) is 1. The second-order valence-electron chi connectivity index (χ2n) is 4.21. The van der Waals surface area contributed by atoms with Gasteiger partial charge in [0, 0.05) is 13.1 Å². The van der Waals surface area contributed by atoms with E-state index < -0.39 is 0 Å². The first-order chi connectivity index (χ1) is 7.15. The van der Waals surface area contributed by atoms with E-state index in [1.807, 2.05) is 11.8 Å². The molecular formula is C11H22N2O2. The van der Waals surface area contributed by atoms with Crippen LogP contribution in [0.15, 0.2) is 0 Å². The van der Waals surface area contributed by atoms with E-state index in [1.54, 1.807) is 0 Å². The van der Waals surface area contributed by atoms with Crippen molar-refractivity contribution in [2.45, 2.75) is 45.3 Å². The second kappa shape index (κ2) is 6.08. The molecule has 0 aromatic carbocycles. The van der Waals surface area contributed by atoms with Gasteiger partial charge in [0.25, 0.3) is 0 Å². The van der Waals surface area contributed by atoms with Crippen molar-refractivity contribution in [3.63, 3.8) is 0 Å². The third kappa shape index (κ3) is 3.80. The summed E-state index contributed by atoms with van der Waals surface area (Å²) in [4.78, 5) is 13.7. The highest BCUT2D eigenvalue weighted by atomic mass is 16.5. The molecule has 4 nitrogen and oxygen atoms in total. The Hall–Kier alpha value is -0.610. The number of hydrogen-bond donors (Lipinski definition) is 1. The maximum atomic E-state index is 11.9. The predicted octanol–water partition coefficient (Wildman–Crippen LogP) is 0.751. The van der Waals surface area contributed by atoms with Crippen molar-refractivity contribution >= 4 is 5.91 Å². The lowest BCUT2D eigenvalue weighted by Gasteiger charge is -2.32. The van der Waals surface area contributed by atoms with Crippen LogP contribution in [0.5, 0.6) is 0 Å². The predicted molar refractivity (Wildman–Crippen MR) is 59.5 cm³/mol. The lowest BCUT2D eigenvalue weighted by atomic mass is 10.1. The minimum Gasteiger partial charge on any atom is -0.375 e. The lowest BCUT2D eigenvalue weighted by molar-refractivity contribution is -0.139. The minimum absolute atomic E-state index is 0.0820. The van der Waals surface area contributed by atoms with Crippen LogP contribution in [0.4, 0.5) is 0 Å². The van der Waals surface area contributed by atoms with Gasteiger partial charge in [-0.05, 0) is 13.3 Å². The molecule has 1 fully saturated rings. The maximum Gasteiger partial charge on any atom is 0.239 e. The Morgan fingerprint density at radius 3 is 3.00 bits per heavy atom. The number of morpholine rings is 1. The van der Waals surface area contributed by atoms with Crippen molar-refractivity contribution < 1.29 is 9.53 Å². The maximum absolute atomic E-state index is 11.9. The molecule has 1 aliphatic rings. The van der Waals surface area contributed by atoms with Gasteiger partial charge in [0.15, 0.2) is 0 Å². The van der Waals surface area contributed by atoms with E-state index >= 15 is 0 Å². The molecule has 1 saturated heterocycles. The number of ether oxygens (including phenoxy) is 1. The van der Waals surface area contributed by atoms with Gasteiger partial charge in [-0.25, -0.2) is 0 Å². The topological polar surface area (TPSA) is 55.6 Å². The van der Waals surface area contributed by atoms with Crippen LogP contribution in [0.2, 0.25) is 0 Å². The second-order valence-corrected chi connectivity index (χ2v) is 4.21. The molecule has 0 saturated carbocycles. The van der Waals surface area contributed by atoms with Crippen molar-refractivity contribution in [1.29, 1.82) is 0 Å². The Labute approximate surface area is 91.8 Å². The molecule has 88 valence electrons. The van der Waals surface area contributed by atoms with Crippen LogP contribution >= 0.6 is 0 Å². The quantitative estimate of drug-likeness (QED) is 0.751. The molecule has 0 radical (unpaired) electrons. The SMILES string of the molecule is CCCCC(N)C(=O)N1CCOC(C)C1. The molecule has 2 N–H and O–H groups in total. The van der Waals surface area contributed by atoms with Crippen molar-refractivity contribution in [2.24, 2.45) is 5.73 Å². The fraction of sp³-hybridized carbons (Fsp3) is 0.909. The summed E-state index contributed by atoms with van der Waals surface area (Å²) < 4.78 is 5.38. The smallest absolute Gasteiger partial charge is 0.239 e. The first kappa shape index (κ1) is 12.5. The van der Waals surface area contributed by atoms with E-state index in [0.29, 0.717) is 19.7 Å². The Morgan fingerprint density at radius 2 is 2.40 bits per heavy atom. The molecule has 1 amide bonds. The van der Waals surface area contributed by atoms with Crippen molar-refractivity contribution in [3.8, 4) is 0 Å². The van der Waals surface area contributed by atoms with Crippen LogP contribution in [0.3, 0.4) is 0 Å². The fourth-order valence-corrected chi connectivity index (χ4v) is 1.80. The van der Waals surface area contributed by atoms with Gasteiger partial charge in [-0.1, -0.05) is 19.8 Å². The normalized spacial score (nSPS) is 23.9. The van der Waals surface area contributed by atoms with E-state index in [0.717, 1.165) is 19.3 Å². The average Bonchev–Trinajstić information content (AvgIpc) is 2.24. The van der Waals surface area contributed by atoms with Gasteiger partial charge in [-0.15, -0.1) is 0 Å². The molecule has 0 aromatic heterocycles. The Morgan fingerprint density at radius 1 is 1.67 bits per heavy atom. The summed E-state index contributed by atoms with van der Waals surface area (Å²) in [6, 6.07) is -0.324. The first-order valence-corrected chi connectivity index (χ1v) is 5.81. The summed E-state index contributed by atoms with van der Waals surface area (Å²) in [5.74, 6) is 0.0820. The minimum atomic E-state index is -0.324. The van der Waals surface area contributed by atoms with E-state index in [2.05, 4.69) is 6.92 Å². The largest absolute Gasteiger partial charge is 0.375 e. The van der Waals surface area contributed by atoms with Gasteiger partial charge in [0.05, 0.1) is 18.8 Å². The summed E-state index contributed by atoms with van der Waals surface area (Å²) in [5, 5.41) is 0. The first-order valence-electron chi connectivity index (χ1n) is 5.81. The number of nitrogens with two attached hydrogens (primary N) is 1. The highest BCUT2D eigenvalue weighted by molar-refractivity contribution is 5.81. The number of carbonyl (C=O) groups excluding carboxylic acids is 1. The number of amides is 1. The van der Waals surface area contributed by atoms with E-state index in [-0.39, 0.29) is 18.1 Å². The molecule has 2 atom stereocenters. The van der Waals surface area contributed by atoms with Crippen LogP contribution in [-0.4, -0.2) is 42.6 Å². The van der Waals surface area contributed by atoms with Crippen molar-refractivity contribution in [3.05, 3.63) is 0 Å². The molecule has 0 bridgehead atoms. The zero-order valence-corrected chi connectivity index (χ0v) is 9.74. The number of rotatable bonds is 4. The number of hydrogen-bond acceptors (Lipinski definition) is 3. The summed E-state index contributed by atoms with van der Waals surface area (Å²) >= 11 is 0. The van der Waals surface area contributed by atoms with Crippen molar-refractivity contribution in [2.75, 3.05) is 19.7 Å². The average molecular weight is 214 g/mol. The third-order valence-corrected chi connectivity index (χ3v) is 2.74. The van der Waals surface area contributed by atoms with Gasteiger partial charge in [0.2, 0.25) is 5.91 Å². The third-order valence-electron chi connectivity index (χ3n) is 2.74.